The van der Waals surface area contributed by atoms with Crippen molar-refractivity contribution in [2.45, 2.75) is 58.2 Å². The Morgan fingerprint density at radius 2 is 1.75 bits per heavy atom. The molecule has 1 aromatic carbocycles. The molecule has 1 saturated heterocycles. The van der Waals surface area contributed by atoms with Crippen LogP contribution in [0.2, 0.25) is 0 Å². The van der Waals surface area contributed by atoms with Gasteiger partial charge in [0.25, 0.3) is 0 Å². The van der Waals surface area contributed by atoms with Gasteiger partial charge in [0.1, 0.15) is 23.2 Å². The Balaban J connectivity index is 1.74. The number of epoxide rings is 1. The van der Waals surface area contributed by atoms with Gasteiger partial charge < -0.3 is 14.2 Å². The Hall–Kier alpha value is -1.22. The lowest BCUT2D eigenvalue weighted by Crippen LogP contribution is -2.34. The first-order chi connectivity index (χ1) is 9.62. The summed E-state index contributed by atoms with van der Waals surface area (Å²) in [5, 5.41) is 0. The fourth-order valence-corrected chi connectivity index (χ4v) is 2.14. The zero-order valence-electron chi connectivity index (χ0n) is 12.9. The van der Waals surface area contributed by atoms with Crippen LogP contribution in [-0.4, -0.2) is 24.9 Å². The Morgan fingerprint density at radius 1 is 1.10 bits per heavy atom. The zero-order valence-corrected chi connectivity index (χ0v) is 12.9. The van der Waals surface area contributed by atoms with E-state index in [1.54, 1.807) is 0 Å². The van der Waals surface area contributed by atoms with Gasteiger partial charge in [-0.05, 0) is 44.5 Å². The molecule has 1 aliphatic rings. The summed E-state index contributed by atoms with van der Waals surface area (Å²) in [6.07, 6.45) is 5.13. The van der Waals surface area contributed by atoms with Crippen molar-refractivity contribution in [2.75, 3.05) is 13.2 Å². The van der Waals surface area contributed by atoms with Gasteiger partial charge in [-0.2, -0.15) is 0 Å². The highest BCUT2D eigenvalue weighted by molar-refractivity contribution is 5.31. The van der Waals surface area contributed by atoms with Crippen LogP contribution >= 0.6 is 0 Å². The van der Waals surface area contributed by atoms with Crippen LogP contribution in [0.3, 0.4) is 0 Å². The maximum atomic E-state index is 5.96. The monoisotopic (exact) mass is 278 g/mol. The molecule has 1 unspecified atom stereocenters. The fraction of sp³-hybridized carbons (Fsp3) is 0.647. The predicted octanol–water partition coefficient (Wildman–Crippen LogP) is 4.20. The van der Waals surface area contributed by atoms with Crippen molar-refractivity contribution in [3.05, 3.63) is 24.3 Å². The predicted molar refractivity (Wildman–Crippen MR) is 80.5 cm³/mol. The first kappa shape index (κ1) is 15.2. The minimum Gasteiger partial charge on any atom is -0.494 e. The van der Waals surface area contributed by atoms with Crippen LogP contribution in [0.15, 0.2) is 24.3 Å². The van der Waals surface area contributed by atoms with Crippen molar-refractivity contribution in [2.24, 2.45) is 0 Å². The third kappa shape index (κ3) is 4.71. The van der Waals surface area contributed by atoms with Crippen LogP contribution in [0.1, 0.15) is 46.5 Å². The molecule has 3 nitrogen and oxygen atoms in total. The maximum absolute atomic E-state index is 5.96. The second-order valence-corrected chi connectivity index (χ2v) is 5.91. The van der Waals surface area contributed by atoms with Gasteiger partial charge in [0.05, 0.1) is 13.2 Å². The summed E-state index contributed by atoms with van der Waals surface area (Å²) >= 11 is 0. The van der Waals surface area contributed by atoms with Crippen molar-refractivity contribution in [3.63, 3.8) is 0 Å². The van der Waals surface area contributed by atoms with Crippen LogP contribution < -0.4 is 9.47 Å². The quantitative estimate of drug-likeness (QED) is 0.501. The number of hydrogen-bond acceptors (Lipinski definition) is 3. The summed E-state index contributed by atoms with van der Waals surface area (Å²) in [6, 6.07) is 7.87. The minimum absolute atomic E-state index is 0.219. The van der Waals surface area contributed by atoms with Crippen molar-refractivity contribution in [3.8, 4) is 11.5 Å². The molecule has 0 saturated carbocycles. The van der Waals surface area contributed by atoms with Gasteiger partial charge >= 0.3 is 0 Å². The SMILES string of the molecule is CCCCCCOc1ccc(OC(C)(C)C2CO2)cc1. The largest absolute Gasteiger partial charge is 0.494 e. The van der Waals surface area contributed by atoms with Crippen LogP contribution in [0.5, 0.6) is 11.5 Å². The van der Waals surface area contributed by atoms with Crippen LogP contribution in [0, 0.1) is 0 Å². The molecule has 0 aliphatic carbocycles. The van der Waals surface area contributed by atoms with Gasteiger partial charge in [0.2, 0.25) is 0 Å². The number of unbranched alkanes of at least 4 members (excludes halogenated alkanes) is 3. The first-order valence-corrected chi connectivity index (χ1v) is 7.65. The third-order valence-electron chi connectivity index (χ3n) is 3.58. The normalized spacial score (nSPS) is 17.9. The van der Waals surface area contributed by atoms with Crippen LogP contribution in [0.4, 0.5) is 0 Å². The van der Waals surface area contributed by atoms with E-state index in [4.69, 9.17) is 14.2 Å². The molecule has 1 fully saturated rings. The Labute approximate surface area is 122 Å². The summed E-state index contributed by atoms with van der Waals surface area (Å²) in [5.74, 6) is 1.78. The number of rotatable bonds is 9. The molecule has 1 aliphatic heterocycles. The average molecular weight is 278 g/mol. The van der Waals surface area contributed by atoms with E-state index >= 15 is 0 Å². The number of benzene rings is 1. The van der Waals surface area contributed by atoms with E-state index in [1.807, 2.05) is 24.3 Å². The molecule has 1 heterocycles. The molecule has 112 valence electrons. The zero-order chi connectivity index (χ0) is 14.4. The van der Waals surface area contributed by atoms with E-state index in [0.29, 0.717) is 0 Å². The smallest absolute Gasteiger partial charge is 0.132 e. The number of ether oxygens (including phenoxy) is 3. The third-order valence-corrected chi connectivity index (χ3v) is 3.58. The average Bonchev–Trinajstić information content (AvgIpc) is 3.25. The molecule has 0 aromatic heterocycles. The standard InChI is InChI=1S/C17H26O3/c1-4-5-6-7-12-18-14-8-10-15(11-9-14)20-17(2,3)16-13-19-16/h8-11,16H,4-7,12-13H2,1-3H3. The molecule has 3 heteroatoms. The van der Waals surface area contributed by atoms with E-state index in [1.165, 1.54) is 19.3 Å². The van der Waals surface area contributed by atoms with E-state index in [0.717, 1.165) is 31.1 Å². The summed E-state index contributed by atoms with van der Waals surface area (Å²) in [7, 11) is 0. The van der Waals surface area contributed by atoms with Gasteiger partial charge in [0.15, 0.2) is 0 Å². The molecule has 0 amide bonds. The molecular formula is C17H26O3. The van der Waals surface area contributed by atoms with E-state index in [2.05, 4.69) is 20.8 Å². The lowest BCUT2D eigenvalue weighted by molar-refractivity contribution is 0.0743. The molecular weight excluding hydrogens is 252 g/mol. The Kier molecular flexibility index (Phi) is 5.30. The fourth-order valence-electron chi connectivity index (χ4n) is 2.14. The highest BCUT2D eigenvalue weighted by Crippen LogP contribution is 2.30. The second-order valence-electron chi connectivity index (χ2n) is 5.91. The molecule has 0 spiro atoms. The lowest BCUT2D eigenvalue weighted by atomic mass is 10.1. The summed E-state index contributed by atoms with van der Waals surface area (Å²) in [5.41, 5.74) is -0.261. The number of hydrogen-bond donors (Lipinski definition) is 0. The van der Waals surface area contributed by atoms with Crippen molar-refractivity contribution in [1.82, 2.24) is 0 Å². The molecule has 2 rings (SSSR count). The maximum Gasteiger partial charge on any atom is 0.132 e. The summed E-state index contributed by atoms with van der Waals surface area (Å²) < 4.78 is 17.0. The van der Waals surface area contributed by atoms with Crippen LogP contribution in [0.25, 0.3) is 0 Å². The molecule has 20 heavy (non-hydrogen) atoms. The highest BCUT2D eigenvalue weighted by Gasteiger charge is 2.41. The van der Waals surface area contributed by atoms with Gasteiger partial charge in [-0.15, -0.1) is 0 Å². The van der Waals surface area contributed by atoms with E-state index in [-0.39, 0.29) is 11.7 Å². The van der Waals surface area contributed by atoms with Crippen molar-refractivity contribution >= 4 is 0 Å². The van der Waals surface area contributed by atoms with Crippen molar-refractivity contribution in [1.29, 1.82) is 0 Å². The van der Waals surface area contributed by atoms with Gasteiger partial charge in [-0.1, -0.05) is 26.2 Å². The molecule has 1 aromatic rings. The van der Waals surface area contributed by atoms with Gasteiger partial charge in [-0.25, -0.2) is 0 Å². The topological polar surface area (TPSA) is 31.0 Å². The van der Waals surface area contributed by atoms with E-state index in [9.17, 15) is 0 Å². The highest BCUT2D eigenvalue weighted by atomic mass is 16.6. The van der Waals surface area contributed by atoms with Gasteiger partial charge in [-0.3, -0.25) is 0 Å². The van der Waals surface area contributed by atoms with Crippen LogP contribution in [-0.2, 0) is 4.74 Å². The lowest BCUT2D eigenvalue weighted by Gasteiger charge is -2.24. The summed E-state index contributed by atoms with van der Waals surface area (Å²) in [4.78, 5) is 0. The molecule has 0 radical (unpaired) electrons. The molecule has 0 N–H and O–H groups in total. The first-order valence-electron chi connectivity index (χ1n) is 7.65. The second kappa shape index (κ2) is 6.98. The van der Waals surface area contributed by atoms with Crippen molar-refractivity contribution < 1.29 is 14.2 Å². The molecule has 0 bridgehead atoms. The van der Waals surface area contributed by atoms with Gasteiger partial charge in [0, 0.05) is 0 Å². The molecule has 1 atom stereocenters. The Bertz CT molecular complexity index is 393. The Morgan fingerprint density at radius 3 is 2.35 bits per heavy atom. The summed E-state index contributed by atoms with van der Waals surface area (Å²) in [6.45, 7) is 7.92. The van der Waals surface area contributed by atoms with E-state index < -0.39 is 0 Å². The minimum atomic E-state index is -0.261.